The van der Waals surface area contributed by atoms with Crippen molar-refractivity contribution >= 4 is 28.8 Å². The van der Waals surface area contributed by atoms with Crippen molar-refractivity contribution in [1.82, 2.24) is 15.2 Å². The van der Waals surface area contributed by atoms with Gasteiger partial charge in [0.25, 0.3) is 5.22 Å². The monoisotopic (exact) mass is 349 g/mol. The molecule has 0 aliphatic carbocycles. The number of oxazole rings is 1. The summed E-state index contributed by atoms with van der Waals surface area (Å²) in [5.74, 6) is 0.352. The van der Waals surface area contributed by atoms with Crippen LogP contribution in [0.4, 0.5) is 0 Å². The zero-order valence-electron chi connectivity index (χ0n) is 14.7. The minimum atomic E-state index is 0.0256. The van der Waals surface area contributed by atoms with Crippen molar-refractivity contribution in [2.24, 2.45) is 0 Å². The first kappa shape index (κ1) is 18.8. The van der Waals surface area contributed by atoms with E-state index in [1.807, 2.05) is 24.3 Å². The molecule has 1 heterocycles. The van der Waals surface area contributed by atoms with Crippen LogP contribution in [-0.4, -0.2) is 47.2 Å². The molecule has 0 saturated heterocycles. The van der Waals surface area contributed by atoms with Crippen molar-refractivity contribution in [1.29, 1.82) is 0 Å². The molecule has 0 aliphatic heterocycles. The number of carbonyl (C=O) groups is 1. The van der Waals surface area contributed by atoms with E-state index in [4.69, 9.17) is 4.42 Å². The van der Waals surface area contributed by atoms with E-state index in [0.29, 0.717) is 11.0 Å². The third-order valence-electron chi connectivity index (χ3n) is 4.01. The van der Waals surface area contributed by atoms with Crippen molar-refractivity contribution in [2.45, 2.75) is 44.9 Å². The summed E-state index contributed by atoms with van der Waals surface area (Å²) < 4.78 is 5.61. The molecular weight excluding hydrogens is 322 g/mol. The number of hydrogen-bond acceptors (Lipinski definition) is 5. The Hall–Kier alpha value is -1.53. The van der Waals surface area contributed by atoms with E-state index in [1.54, 1.807) is 0 Å². The van der Waals surface area contributed by atoms with Gasteiger partial charge in [0.2, 0.25) is 5.91 Å². The lowest BCUT2D eigenvalue weighted by molar-refractivity contribution is -0.119. The van der Waals surface area contributed by atoms with Crippen LogP contribution in [0, 0.1) is 0 Å². The van der Waals surface area contributed by atoms with Gasteiger partial charge in [0.1, 0.15) is 5.52 Å². The molecule has 0 bridgehead atoms. The topological polar surface area (TPSA) is 58.4 Å². The Labute approximate surface area is 148 Å². The largest absolute Gasteiger partial charge is 0.431 e. The van der Waals surface area contributed by atoms with Crippen LogP contribution in [0.25, 0.3) is 11.1 Å². The van der Waals surface area contributed by atoms with E-state index in [0.717, 1.165) is 43.6 Å². The van der Waals surface area contributed by atoms with Gasteiger partial charge in [0.15, 0.2) is 5.58 Å². The maximum Gasteiger partial charge on any atom is 0.257 e. The van der Waals surface area contributed by atoms with Gasteiger partial charge < -0.3 is 14.6 Å². The average Bonchev–Trinajstić information content (AvgIpc) is 3.00. The van der Waals surface area contributed by atoms with E-state index in [-0.39, 0.29) is 11.9 Å². The molecule has 0 aliphatic rings. The van der Waals surface area contributed by atoms with E-state index in [2.05, 4.69) is 36.0 Å². The van der Waals surface area contributed by atoms with Crippen LogP contribution < -0.4 is 5.32 Å². The molecule has 1 aromatic carbocycles. The minimum absolute atomic E-state index is 0.0256. The molecule has 1 unspecified atom stereocenters. The van der Waals surface area contributed by atoms with Crippen LogP contribution in [0.15, 0.2) is 33.9 Å². The van der Waals surface area contributed by atoms with E-state index >= 15 is 0 Å². The summed E-state index contributed by atoms with van der Waals surface area (Å²) in [5.41, 5.74) is 1.58. The number of thioether (sulfide) groups is 1. The summed E-state index contributed by atoms with van der Waals surface area (Å²) >= 11 is 1.33. The van der Waals surface area contributed by atoms with Crippen molar-refractivity contribution in [3.63, 3.8) is 0 Å². The van der Waals surface area contributed by atoms with Gasteiger partial charge in [0.05, 0.1) is 5.75 Å². The molecule has 1 aromatic heterocycles. The minimum Gasteiger partial charge on any atom is -0.431 e. The van der Waals surface area contributed by atoms with Crippen LogP contribution in [0.2, 0.25) is 0 Å². The number of carbonyl (C=O) groups excluding carboxylic acids is 1. The summed E-state index contributed by atoms with van der Waals surface area (Å²) in [4.78, 5) is 18.8. The zero-order valence-corrected chi connectivity index (χ0v) is 15.6. The van der Waals surface area contributed by atoms with Crippen LogP contribution in [-0.2, 0) is 4.79 Å². The summed E-state index contributed by atoms with van der Waals surface area (Å²) in [6.45, 7) is 9.67. The third-order valence-corrected chi connectivity index (χ3v) is 4.84. The lowest BCUT2D eigenvalue weighted by Crippen LogP contribution is -2.34. The Morgan fingerprint density at radius 3 is 2.79 bits per heavy atom. The quantitative estimate of drug-likeness (QED) is 0.665. The van der Waals surface area contributed by atoms with Gasteiger partial charge in [0, 0.05) is 6.04 Å². The Bertz CT molecular complexity index is 607. The van der Waals surface area contributed by atoms with Crippen molar-refractivity contribution in [2.75, 3.05) is 25.4 Å². The Morgan fingerprint density at radius 1 is 1.33 bits per heavy atom. The fourth-order valence-electron chi connectivity index (χ4n) is 2.59. The highest BCUT2D eigenvalue weighted by Crippen LogP contribution is 2.22. The fourth-order valence-corrected chi connectivity index (χ4v) is 3.24. The van der Waals surface area contributed by atoms with Gasteiger partial charge in [-0.25, -0.2) is 4.98 Å². The number of rotatable bonds is 10. The molecule has 2 rings (SSSR count). The standard InChI is InChI=1S/C18H27N3O2S/c1-4-21(5-2)12-8-9-14(3)19-17(22)13-24-18-20-15-10-6-7-11-16(15)23-18/h6-7,10-11,14H,4-5,8-9,12-13H2,1-3H3,(H,19,22). The van der Waals surface area contributed by atoms with Gasteiger partial charge in [-0.1, -0.05) is 37.7 Å². The van der Waals surface area contributed by atoms with Gasteiger partial charge in [-0.05, 0) is 51.5 Å². The van der Waals surface area contributed by atoms with Crippen LogP contribution in [0.5, 0.6) is 0 Å². The lowest BCUT2D eigenvalue weighted by Gasteiger charge is -2.19. The number of hydrogen-bond donors (Lipinski definition) is 1. The number of aromatic nitrogens is 1. The number of para-hydroxylation sites is 2. The van der Waals surface area contributed by atoms with Crippen LogP contribution in [0.3, 0.4) is 0 Å². The summed E-state index contributed by atoms with van der Waals surface area (Å²) in [5, 5.41) is 3.59. The van der Waals surface area contributed by atoms with Gasteiger partial charge >= 0.3 is 0 Å². The first-order valence-corrected chi connectivity index (χ1v) is 9.61. The summed E-state index contributed by atoms with van der Waals surface area (Å²) in [7, 11) is 0. The molecule has 5 nitrogen and oxygen atoms in total. The molecule has 0 fully saturated rings. The third kappa shape index (κ3) is 5.83. The molecule has 1 atom stereocenters. The molecular formula is C18H27N3O2S. The second-order valence-electron chi connectivity index (χ2n) is 5.87. The smallest absolute Gasteiger partial charge is 0.257 e. The lowest BCUT2D eigenvalue weighted by atomic mass is 10.2. The highest BCUT2D eigenvalue weighted by molar-refractivity contribution is 7.99. The zero-order chi connectivity index (χ0) is 17.4. The number of amides is 1. The SMILES string of the molecule is CCN(CC)CCCC(C)NC(=O)CSc1nc2ccccc2o1. The van der Waals surface area contributed by atoms with E-state index in [9.17, 15) is 4.79 Å². The molecule has 0 radical (unpaired) electrons. The summed E-state index contributed by atoms with van der Waals surface area (Å²) in [6, 6.07) is 7.81. The van der Waals surface area contributed by atoms with E-state index < -0.39 is 0 Å². The highest BCUT2D eigenvalue weighted by atomic mass is 32.2. The van der Waals surface area contributed by atoms with Gasteiger partial charge in [-0.3, -0.25) is 4.79 Å². The predicted molar refractivity (Wildman–Crippen MR) is 99.4 cm³/mol. The molecule has 1 amide bonds. The number of fused-ring (bicyclic) bond motifs is 1. The second kappa shape index (κ2) is 9.69. The number of benzene rings is 1. The fraction of sp³-hybridized carbons (Fsp3) is 0.556. The van der Waals surface area contributed by atoms with Crippen molar-refractivity contribution in [3.8, 4) is 0 Å². The maximum absolute atomic E-state index is 12.0. The van der Waals surface area contributed by atoms with Crippen LogP contribution >= 0.6 is 11.8 Å². The molecule has 1 N–H and O–H groups in total. The molecule has 0 spiro atoms. The highest BCUT2D eigenvalue weighted by Gasteiger charge is 2.11. The number of nitrogens with one attached hydrogen (secondary N) is 1. The van der Waals surface area contributed by atoms with Crippen LogP contribution in [0.1, 0.15) is 33.6 Å². The maximum atomic E-state index is 12.0. The normalized spacial score (nSPS) is 12.7. The first-order valence-electron chi connectivity index (χ1n) is 8.62. The Morgan fingerprint density at radius 2 is 2.08 bits per heavy atom. The molecule has 24 heavy (non-hydrogen) atoms. The predicted octanol–water partition coefficient (Wildman–Crippen LogP) is 3.55. The molecule has 0 saturated carbocycles. The molecule has 6 heteroatoms. The molecule has 2 aromatic rings. The van der Waals surface area contributed by atoms with Gasteiger partial charge in [-0.2, -0.15) is 0 Å². The van der Waals surface area contributed by atoms with Crippen molar-refractivity contribution < 1.29 is 9.21 Å². The second-order valence-corrected chi connectivity index (χ2v) is 6.80. The first-order chi connectivity index (χ1) is 11.6. The van der Waals surface area contributed by atoms with Crippen molar-refractivity contribution in [3.05, 3.63) is 24.3 Å². The van der Waals surface area contributed by atoms with Gasteiger partial charge in [-0.15, -0.1) is 0 Å². The summed E-state index contributed by atoms with van der Waals surface area (Å²) in [6.07, 6.45) is 2.09. The molecule has 132 valence electrons. The Balaban J connectivity index is 1.68. The van der Waals surface area contributed by atoms with E-state index in [1.165, 1.54) is 11.8 Å². The number of nitrogens with zero attached hydrogens (tertiary/aromatic N) is 2. The Kier molecular flexibility index (Phi) is 7.59. The average molecular weight is 350 g/mol.